The smallest absolute Gasteiger partial charge is 0.253 e. The first-order chi connectivity index (χ1) is 14.0. The summed E-state index contributed by atoms with van der Waals surface area (Å²) in [5.41, 5.74) is 2.64. The van der Waals surface area contributed by atoms with Gasteiger partial charge < -0.3 is 10.2 Å². The first-order valence-corrected chi connectivity index (χ1v) is 10.5. The first kappa shape index (κ1) is 19.9. The number of piperazine rings is 1. The molecule has 0 aromatic heterocycles. The van der Waals surface area contributed by atoms with Gasteiger partial charge in [-0.05, 0) is 54.3 Å². The van der Waals surface area contributed by atoms with Crippen LogP contribution in [0.15, 0.2) is 48.5 Å². The fourth-order valence-electron chi connectivity index (χ4n) is 3.76. The number of benzene rings is 2. The van der Waals surface area contributed by atoms with E-state index in [4.69, 9.17) is 11.6 Å². The Kier molecular flexibility index (Phi) is 5.88. The van der Waals surface area contributed by atoms with Gasteiger partial charge in [-0.15, -0.1) is 0 Å². The quantitative estimate of drug-likeness (QED) is 0.812. The minimum Gasteiger partial charge on any atom is -0.336 e. The van der Waals surface area contributed by atoms with E-state index in [0.717, 1.165) is 36.8 Å². The Hall–Kier alpha value is -2.37. The molecular weight excluding hydrogens is 386 g/mol. The molecule has 152 valence electrons. The summed E-state index contributed by atoms with van der Waals surface area (Å²) in [6.45, 7) is 6.08. The molecule has 5 nitrogen and oxygen atoms in total. The lowest BCUT2D eigenvalue weighted by Gasteiger charge is -2.34. The van der Waals surface area contributed by atoms with E-state index in [2.05, 4.69) is 17.1 Å². The third-order valence-corrected chi connectivity index (χ3v) is 6.08. The highest BCUT2D eigenvalue weighted by Gasteiger charge is 2.39. The number of nitrogens with one attached hydrogen (secondary N) is 1. The Bertz CT molecular complexity index is 874. The van der Waals surface area contributed by atoms with Crippen molar-refractivity contribution < 1.29 is 9.59 Å². The molecule has 0 bridgehead atoms. The standard InChI is InChI=1S/C23H26ClN3O2/c1-16-14-21(16)22(28)25-20-8-4-18(5-9-20)23(29)27-12-10-26(11-13-27)15-17-2-6-19(24)7-3-17/h2-9,16,21H,10-15H2,1H3,(H,25,28). The molecule has 2 aromatic carbocycles. The summed E-state index contributed by atoms with van der Waals surface area (Å²) in [5.74, 6) is 0.743. The van der Waals surface area contributed by atoms with Gasteiger partial charge in [0.1, 0.15) is 0 Å². The summed E-state index contributed by atoms with van der Waals surface area (Å²) in [7, 11) is 0. The fraction of sp³-hybridized carbons (Fsp3) is 0.391. The Morgan fingerprint density at radius 3 is 2.21 bits per heavy atom. The summed E-state index contributed by atoms with van der Waals surface area (Å²) in [4.78, 5) is 29.1. The molecule has 2 atom stereocenters. The first-order valence-electron chi connectivity index (χ1n) is 10.2. The summed E-state index contributed by atoms with van der Waals surface area (Å²) in [6, 6.07) is 15.1. The van der Waals surface area contributed by atoms with Crippen molar-refractivity contribution in [2.45, 2.75) is 19.9 Å². The van der Waals surface area contributed by atoms with Crippen LogP contribution in [0, 0.1) is 11.8 Å². The Morgan fingerprint density at radius 2 is 1.62 bits per heavy atom. The van der Waals surface area contributed by atoms with E-state index in [0.29, 0.717) is 24.6 Å². The highest BCUT2D eigenvalue weighted by atomic mass is 35.5. The normalized spacial score (nSPS) is 21.7. The van der Waals surface area contributed by atoms with Crippen molar-refractivity contribution in [1.82, 2.24) is 9.80 Å². The number of nitrogens with zero attached hydrogens (tertiary/aromatic N) is 2. The molecule has 29 heavy (non-hydrogen) atoms. The van der Waals surface area contributed by atoms with Gasteiger partial charge in [0.15, 0.2) is 0 Å². The number of rotatable bonds is 5. The molecule has 2 unspecified atom stereocenters. The predicted octanol–water partition coefficient (Wildman–Crippen LogP) is 3.89. The van der Waals surface area contributed by atoms with Gasteiger partial charge >= 0.3 is 0 Å². The van der Waals surface area contributed by atoms with E-state index in [-0.39, 0.29) is 17.7 Å². The molecule has 0 radical (unpaired) electrons. The largest absolute Gasteiger partial charge is 0.336 e. The lowest BCUT2D eigenvalue weighted by molar-refractivity contribution is -0.117. The molecule has 1 N–H and O–H groups in total. The van der Waals surface area contributed by atoms with Crippen molar-refractivity contribution in [2.75, 3.05) is 31.5 Å². The molecule has 1 saturated carbocycles. The van der Waals surface area contributed by atoms with Crippen LogP contribution in [-0.2, 0) is 11.3 Å². The van der Waals surface area contributed by atoms with Gasteiger partial charge in [-0.25, -0.2) is 0 Å². The maximum atomic E-state index is 12.8. The van der Waals surface area contributed by atoms with Crippen molar-refractivity contribution in [3.05, 3.63) is 64.7 Å². The van der Waals surface area contributed by atoms with Crippen molar-refractivity contribution in [1.29, 1.82) is 0 Å². The Labute approximate surface area is 176 Å². The van der Waals surface area contributed by atoms with E-state index in [9.17, 15) is 9.59 Å². The van der Waals surface area contributed by atoms with Gasteiger partial charge in [-0.1, -0.05) is 30.7 Å². The van der Waals surface area contributed by atoms with Crippen LogP contribution in [0.3, 0.4) is 0 Å². The molecule has 1 saturated heterocycles. The van der Waals surface area contributed by atoms with E-state index < -0.39 is 0 Å². The molecule has 2 amide bonds. The van der Waals surface area contributed by atoms with Crippen LogP contribution >= 0.6 is 11.6 Å². The van der Waals surface area contributed by atoms with Crippen LogP contribution < -0.4 is 5.32 Å². The lowest BCUT2D eigenvalue weighted by atomic mass is 10.1. The van der Waals surface area contributed by atoms with Crippen LogP contribution in [0.1, 0.15) is 29.3 Å². The second kappa shape index (κ2) is 8.56. The van der Waals surface area contributed by atoms with E-state index in [1.807, 2.05) is 41.3 Å². The van der Waals surface area contributed by atoms with Crippen molar-refractivity contribution in [3.8, 4) is 0 Å². The van der Waals surface area contributed by atoms with Gasteiger partial charge in [0.25, 0.3) is 5.91 Å². The monoisotopic (exact) mass is 411 g/mol. The zero-order valence-corrected chi connectivity index (χ0v) is 17.4. The van der Waals surface area contributed by atoms with Crippen LogP contribution in [0.2, 0.25) is 5.02 Å². The van der Waals surface area contributed by atoms with E-state index in [1.165, 1.54) is 5.56 Å². The van der Waals surface area contributed by atoms with Gasteiger partial charge in [0, 0.05) is 54.9 Å². The Morgan fingerprint density at radius 1 is 1.00 bits per heavy atom. The maximum Gasteiger partial charge on any atom is 0.253 e. The summed E-state index contributed by atoms with van der Waals surface area (Å²) < 4.78 is 0. The summed E-state index contributed by atoms with van der Waals surface area (Å²) >= 11 is 5.94. The molecule has 1 aliphatic heterocycles. The van der Waals surface area contributed by atoms with Crippen LogP contribution in [0.25, 0.3) is 0 Å². The van der Waals surface area contributed by atoms with Crippen LogP contribution in [-0.4, -0.2) is 47.8 Å². The number of hydrogen-bond donors (Lipinski definition) is 1. The second-order valence-corrected chi connectivity index (χ2v) is 8.52. The van der Waals surface area contributed by atoms with E-state index in [1.54, 1.807) is 12.1 Å². The molecule has 4 rings (SSSR count). The third kappa shape index (κ3) is 4.98. The molecule has 0 spiro atoms. The number of anilines is 1. The van der Waals surface area contributed by atoms with Crippen LogP contribution in [0.4, 0.5) is 5.69 Å². The van der Waals surface area contributed by atoms with Gasteiger partial charge in [-0.3, -0.25) is 14.5 Å². The summed E-state index contributed by atoms with van der Waals surface area (Å²) in [6.07, 6.45) is 0.965. The molecule has 1 heterocycles. The van der Waals surface area contributed by atoms with Crippen molar-refractivity contribution >= 4 is 29.1 Å². The number of carbonyl (C=O) groups excluding carboxylic acids is 2. The molecule has 2 aliphatic rings. The van der Waals surface area contributed by atoms with E-state index >= 15 is 0 Å². The van der Waals surface area contributed by atoms with Gasteiger partial charge in [0.05, 0.1) is 0 Å². The second-order valence-electron chi connectivity index (χ2n) is 8.08. The average Bonchev–Trinajstić information content (AvgIpc) is 3.47. The minimum atomic E-state index is 0.0461. The highest BCUT2D eigenvalue weighted by molar-refractivity contribution is 6.30. The zero-order valence-electron chi connectivity index (χ0n) is 16.6. The average molecular weight is 412 g/mol. The van der Waals surface area contributed by atoms with Crippen LogP contribution in [0.5, 0.6) is 0 Å². The predicted molar refractivity (Wildman–Crippen MR) is 115 cm³/mol. The number of carbonyl (C=O) groups is 2. The van der Waals surface area contributed by atoms with Crippen molar-refractivity contribution in [2.24, 2.45) is 11.8 Å². The molecule has 1 aliphatic carbocycles. The SMILES string of the molecule is CC1CC1C(=O)Nc1ccc(C(=O)N2CCN(Cc3ccc(Cl)cc3)CC2)cc1. The number of hydrogen-bond acceptors (Lipinski definition) is 3. The molecule has 2 fully saturated rings. The molecule has 6 heteroatoms. The summed E-state index contributed by atoms with van der Waals surface area (Å²) in [5, 5.41) is 3.68. The highest BCUT2D eigenvalue weighted by Crippen LogP contribution is 2.38. The van der Waals surface area contributed by atoms with Crippen molar-refractivity contribution in [3.63, 3.8) is 0 Å². The molecule has 2 aromatic rings. The topological polar surface area (TPSA) is 52.7 Å². The van der Waals surface area contributed by atoms with Gasteiger partial charge in [-0.2, -0.15) is 0 Å². The number of halogens is 1. The number of amides is 2. The minimum absolute atomic E-state index is 0.0461. The molecular formula is C23H26ClN3O2. The lowest BCUT2D eigenvalue weighted by Crippen LogP contribution is -2.48. The third-order valence-electron chi connectivity index (χ3n) is 5.82. The zero-order chi connectivity index (χ0) is 20.4. The van der Waals surface area contributed by atoms with Gasteiger partial charge in [0.2, 0.25) is 5.91 Å². The fourth-order valence-corrected chi connectivity index (χ4v) is 3.88. The Balaban J connectivity index is 1.27. The maximum absolute atomic E-state index is 12.8.